The zero-order valence-electron chi connectivity index (χ0n) is 12.8. The second-order valence-corrected chi connectivity index (χ2v) is 5.10. The number of benzene rings is 1. The Hall–Kier alpha value is -2.08. The van der Waals surface area contributed by atoms with E-state index >= 15 is 0 Å². The van der Waals surface area contributed by atoms with E-state index in [9.17, 15) is 9.59 Å². The number of hydrogen-bond donors (Lipinski definition) is 1. The zero-order chi connectivity index (χ0) is 15.9. The molecule has 2 atom stereocenters. The van der Waals surface area contributed by atoms with Crippen molar-refractivity contribution in [1.82, 2.24) is 5.32 Å². The number of carbonyl (C=O) groups is 2. The zero-order valence-corrected chi connectivity index (χ0v) is 12.8. The Bertz CT molecular complexity index is 525. The third-order valence-electron chi connectivity index (χ3n) is 3.64. The molecule has 0 bridgehead atoms. The van der Waals surface area contributed by atoms with Gasteiger partial charge in [-0.05, 0) is 24.5 Å². The molecule has 6 heteroatoms. The Balaban J connectivity index is 2.08. The van der Waals surface area contributed by atoms with E-state index in [1.807, 2.05) is 24.3 Å². The van der Waals surface area contributed by atoms with Crippen LogP contribution in [0.3, 0.4) is 0 Å². The number of methoxy groups -OCH3 is 2. The van der Waals surface area contributed by atoms with Gasteiger partial charge in [-0.1, -0.05) is 18.2 Å². The summed E-state index contributed by atoms with van der Waals surface area (Å²) in [7, 11) is 2.87. The number of rotatable bonds is 6. The van der Waals surface area contributed by atoms with Gasteiger partial charge in [0, 0.05) is 13.0 Å². The van der Waals surface area contributed by atoms with Gasteiger partial charge < -0.3 is 19.5 Å². The highest BCUT2D eigenvalue weighted by atomic mass is 16.5. The quantitative estimate of drug-likeness (QED) is 0.796. The molecule has 1 saturated heterocycles. The monoisotopic (exact) mass is 307 g/mol. The second kappa shape index (κ2) is 7.79. The summed E-state index contributed by atoms with van der Waals surface area (Å²) in [4.78, 5) is 24.1. The molecular formula is C16H21NO5. The highest BCUT2D eigenvalue weighted by Gasteiger charge is 2.29. The molecule has 1 N–H and O–H groups in total. The number of carbonyl (C=O) groups excluding carboxylic acids is 2. The van der Waals surface area contributed by atoms with E-state index in [4.69, 9.17) is 14.2 Å². The van der Waals surface area contributed by atoms with Crippen molar-refractivity contribution in [2.45, 2.75) is 31.4 Å². The molecule has 120 valence electrons. The minimum absolute atomic E-state index is 0.275. The molecule has 0 aromatic heterocycles. The lowest BCUT2D eigenvalue weighted by Crippen LogP contribution is -2.47. The van der Waals surface area contributed by atoms with E-state index in [1.54, 1.807) is 7.11 Å². The van der Waals surface area contributed by atoms with Gasteiger partial charge in [0.05, 0.1) is 14.2 Å². The minimum atomic E-state index is -0.766. The third-order valence-corrected chi connectivity index (χ3v) is 3.64. The highest BCUT2D eigenvalue weighted by molar-refractivity contribution is 5.87. The molecule has 0 aliphatic carbocycles. The van der Waals surface area contributed by atoms with Crippen molar-refractivity contribution < 1.29 is 23.8 Å². The van der Waals surface area contributed by atoms with E-state index in [-0.39, 0.29) is 5.91 Å². The molecule has 1 aliphatic rings. The fourth-order valence-electron chi connectivity index (χ4n) is 2.48. The Morgan fingerprint density at radius 1 is 1.36 bits per heavy atom. The van der Waals surface area contributed by atoms with Crippen molar-refractivity contribution in [3.05, 3.63) is 29.8 Å². The maximum absolute atomic E-state index is 12.1. The van der Waals surface area contributed by atoms with Crippen LogP contribution in [0.1, 0.15) is 18.4 Å². The van der Waals surface area contributed by atoms with Gasteiger partial charge in [-0.15, -0.1) is 0 Å². The van der Waals surface area contributed by atoms with E-state index in [0.29, 0.717) is 25.2 Å². The largest absolute Gasteiger partial charge is 0.496 e. The Labute approximate surface area is 129 Å². The lowest BCUT2D eigenvalue weighted by Gasteiger charge is -2.19. The first-order valence-electron chi connectivity index (χ1n) is 7.27. The van der Waals surface area contributed by atoms with Gasteiger partial charge in [-0.2, -0.15) is 0 Å². The number of esters is 1. The number of ether oxygens (including phenoxy) is 3. The predicted molar refractivity (Wildman–Crippen MR) is 79.6 cm³/mol. The molecule has 1 fully saturated rings. The summed E-state index contributed by atoms with van der Waals surface area (Å²) >= 11 is 0. The number of hydrogen-bond acceptors (Lipinski definition) is 5. The van der Waals surface area contributed by atoms with Gasteiger partial charge in [0.1, 0.15) is 17.9 Å². The fraction of sp³-hybridized carbons (Fsp3) is 0.500. The van der Waals surface area contributed by atoms with Gasteiger partial charge in [0.25, 0.3) is 0 Å². The van der Waals surface area contributed by atoms with Gasteiger partial charge in [0.2, 0.25) is 5.91 Å². The molecule has 1 aromatic carbocycles. The van der Waals surface area contributed by atoms with E-state index in [1.165, 1.54) is 7.11 Å². The number of para-hydroxylation sites is 1. The standard InChI is InChI=1S/C16H21NO5/c1-20-13-7-4-3-6-11(13)10-12(16(19)21-2)17-15(18)14-8-5-9-22-14/h3-4,6-7,12,14H,5,8-10H2,1-2H3,(H,17,18)/t12-,14+/m0/s1. The molecule has 22 heavy (non-hydrogen) atoms. The van der Waals surface area contributed by atoms with Gasteiger partial charge >= 0.3 is 5.97 Å². The van der Waals surface area contributed by atoms with Crippen molar-refractivity contribution in [3.63, 3.8) is 0 Å². The fourth-order valence-corrected chi connectivity index (χ4v) is 2.48. The minimum Gasteiger partial charge on any atom is -0.496 e. The van der Waals surface area contributed by atoms with Gasteiger partial charge in [-0.3, -0.25) is 4.79 Å². The predicted octanol–water partition coefficient (Wildman–Crippen LogP) is 1.07. The highest BCUT2D eigenvalue weighted by Crippen LogP contribution is 2.20. The van der Waals surface area contributed by atoms with Crippen LogP contribution in [0.2, 0.25) is 0 Å². The Morgan fingerprint density at radius 2 is 2.14 bits per heavy atom. The van der Waals surface area contributed by atoms with Crippen LogP contribution >= 0.6 is 0 Å². The van der Waals surface area contributed by atoms with Crippen molar-refractivity contribution in [1.29, 1.82) is 0 Å². The molecule has 0 saturated carbocycles. The van der Waals surface area contributed by atoms with E-state index in [0.717, 1.165) is 12.0 Å². The van der Waals surface area contributed by atoms with Crippen molar-refractivity contribution in [2.75, 3.05) is 20.8 Å². The van der Waals surface area contributed by atoms with Crippen LogP contribution in [0.25, 0.3) is 0 Å². The summed E-state index contributed by atoms with van der Waals surface area (Å²) in [6.45, 7) is 0.577. The molecule has 1 aromatic rings. The van der Waals surface area contributed by atoms with E-state index < -0.39 is 18.1 Å². The van der Waals surface area contributed by atoms with Crippen LogP contribution in [0, 0.1) is 0 Å². The lowest BCUT2D eigenvalue weighted by molar-refractivity contribution is -0.146. The lowest BCUT2D eigenvalue weighted by atomic mass is 10.0. The molecule has 2 rings (SSSR count). The summed E-state index contributed by atoms with van der Waals surface area (Å²) in [6, 6.07) is 6.60. The average molecular weight is 307 g/mol. The Kier molecular flexibility index (Phi) is 5.77. The number of nitrogens with one attached hydrogen (secondary N) is 1. The van der Waals surface area contributed by atoms with E-state index in [2.05, 4.69) is 5.32 Å². The summed E-state index contributed by atoms with van der Waals surface area (Å²) < 4.78 is 15.4. The smallest absolute Gasteiger partial charge is 0.328 e. The molecule has 1 amide bonds. The van der Waals surface area contributed by atoms with Crippen molar-refractivity contribution in [2.24, 2.45) is 0 Å². The molecule has 0 spiro atoms. The first-order chi connectivity index (χ1) is 10.7. The summed E-state index contributed by atoms with van der Waals surface area (Å²) in [6.07, 6.45) is 1.35. The normalized spacial score (nSPS) is 18.5. The first-order valence-corrected chi connectivity index (χ1v) is 7.27. The SMILES string of the molecule is COC(=O)[C@H](Cc1ccccc1OC)NC(=O)[C@H]1CCCO1. The van der Waals surface area contributed by atoms with Gasteiger partial charge in [0.15, 0.2) is 0 Å². The maximum Gasteiger partial charge on any atom is 0.328 e. The first kappa shape index (κ1) is 16.3. The molecular weight excluding hydrogens is 286 g/mol. The van der Waals surface area contributed by atoms with Crippen molar-refractivity contribution in [3.8, 4) is 5.75 Å². The molecule has 6 nitrogen and oxygen atoms in total. The topological polar surface area (TPSA) is 73.9 Å². The van der Waals surface area contributed by atoms with Crippen LogP contribution in [-0.2, 0) is 25.5 Å². The molecule has 1 aliphatic heterocycles. The van der Waals surface area contributed by atoms with Crippen LogP contribution in [0.15, 0.2) is 24.3 Å². The van der Waals surface area contributed by atoms with Crippen LogP contribution < -0.4 is 10.1 Å². The molecule has 0 radical (unpaired) electrons. The van der Waals surface area contributed by atoms with Gasteiger partial charge in [-0.25, -0.2) is 4.79 Å². The summed E-state index contributed by atoms with van der Waals surface area (Å²) in [5.41, 5.74) is 0.827. The number of amides is 1. The van der Waals surface area contributed by atoms with Crippen LogP contribution in [-0.4, -0.2) is 44.8 Å². The average Bonchev–Trinajstić information content (AvgIpc) is 3.08. The van der Waals surface area contributed by atoms with Crippen LogP contribution in [0.5, 0.6) is 5.75 Å². The third kappa shape index (κ3) is 3.98. The molecule has 1 heterocycles. The molecule has 0 unspecified atom stereocenters. The summed E-state index contributed by atoms with van der Waals surface area (Å²) in [5.74, 6) is -0.0946. The Morgan fingerprint density at radius 3 is 2.77 bits per heavy atom. The summed E-state index contributed by atoms with van der Waals surface area (Å²) in [5, 5.41) is 2.72. The maximum atomic E-state index is 12.1. The van der Waals surface area contributed by atoms with Crippen molar-refractivity contribution >= 4 is 11.9 Å². The van der Waals surface area contributed by atoms with Crippen LogP contribution in [0.4, 0.5) is 0 Å². The second-order valence-electron chi connectivity index (χ2n) is 5.10.